The summed E-state index contributed by atoms with van der Waals surface area (Å²) < 4.78 is 1.70. The van der Waals surface area contributed by atoms with Crippen LogP contribution in [-0.2, 0) is 4.79 Å². The standard InChI is InChI=1S/C25H26N6O2S/c1-14(32)16-4-6-17(7-5-16)22-21(15(2)33)24(26-3)31-23(30-22)19(13-29-31)18-8-9-20(28-12-18)25-27-10-11-34-25/h8-13,16-17,26H,4-7H2,1-3H3. The van der Waals surface area contributed by atoms with Crippen molar-refractivity contribution in [1.82, 2.24) is 24.6 Å². The molecule has 4 aromatic rings. The Labute approximate surface area is 201 Å². The normalized spacial score (nSPS) is 18.2. The predicted molar refractivity (Wildman–Crippen MR) is 132 cm³/mol. The number of Topliss-reactive ketones (excluding diaryl/α,β-unsaturated/α-hetero) is 2. The van der Waals surface area contributed by atoms with E-state index in [2.05, 4.69) is 20.4 Å². The number of hydrogen-bond donors (Lipinski definition) is 1. The van der Waals surface area contributed by atoms with Gasteiger partial charge in [-0.15, -0.1) is 11.3 Å². The van der Waals surface area contributed by atoms with Gasteiger partial charge in [-0.3, -0.25) is 14.6 Å². The molecule has 1 fully saturated rings. The van der Waals surface area contributed by atoms with Gasteiger partial charge in [-0.2, -0.15) is 9.61 Å². The van der Waals surface area contributed by atoms with Gasteiger partial charge in [-0.1, -0.05) is 6.07 Å². The molecule has 0 amide bonds. The van der Waals surface area contributed by atoms with Crippen LogP contribution in [0.4, 0.5) is 5.82 Å². The maximum absolute atomic E-state index is 12.7. The fraction of sp³-hybridized carbons (Fsp3) is 0.360. The average Bonchev–Trinajstić information content (AvgIpc) is 3.53. The van der Waals surface area contributed by atoms with Crippen LogP contribution in [0.5, 0.6) is 0 Å². The molecule has 9 heteroatoms. The fourth-order valence-electron chi connectivity index (χ4n) is 4.89. The number of thiazole rings is 1. The average molecular weight is 475 g/mol. The summed E-state index contributed by atoms with van der Waals surface area (Å²) in [5.74, 6) is 1.07. The fourth-order valence-corrected chi connectivity index (χ4v) is 5.50. The number of aromatic nitrogens is 5. The van der Waals surface area contributed by atoms with Crippen LogP contribution in [0.25, 0.3) is 27.5 Å². The molecule has 0 atom stereocenters. The lowest BCUT2D eigenvalue weighted by molar-refractivity contribution is -0.121. The van der Waals surface area contributed by atoms with Gasteiger partial charge in [0.15, 0.2) is 11.4 Å². The molecule has 0 bridgehead atoms. The van der Waals surface area contributed by atoms with Crippen LogP contribution in [0, 0.1) is 5.92 Å². The SMILES string of the molecule is CNc1c(C(C)=O)c(C2CCC(C(C)=O)CC2)nc2c(-c3ccc(-c4nccs4)nc3)cnn12. The zero-order valence-corrected chi connectivity index (χ0v) is 20.2. The maximum atomic E-state index is 12.7. The first-order chi connectivity index (χ1) is 16.5. The van der Waals surface area contributed by atoms with E-state index in [-0.39, 0.29) is 23.4 Å². The minimum absolute atomic E-state index is 0.0473. The minimum atomic E-state index is -0.0473. The maximum Gasteiger partial charge on any atom is 0.165 e. The Morgan fingerprint density at radius 2 is 1.88 bits per heavy atom. The molecule has 1 N–H and O–H groups in total. The Morgan fingerprint density at radius 1 is 1.09 bits per heavy atom. The smallest absolute Gasteiger partial charge is 0.165 e. The number of ketones is 2. The molecular weight excluding hydrogens is 448 g/mol. The Bertz CT molecular complexity index is 1350. The van der Waals surface area contributed by atoms with E-state index in [0.717, 1.165) is 53.2 Å². The Kier molecular flexibility index (Phi) is 5.95. The molecular formula is C25H26N6O2S. The first-order valence-electron chi connectivity index (χ1n) is 11.4. The lowest BCUT2D eigenvalue weighted by atomic mass is 9.78. The summed E-state index contributed by atoms with van der Waals surface area (Å²) >= 11 is 1.55. The topological polar surface area (TPSA) is 102 Å². The molecule has 0 aromatic carbocycles. The van der Waals surface area contributed by atoms with E-state index in [1.54, 1.807) is 49.1 Å². The van der Waals surface area contributed by atoms with Crippen LogP contribution in [0.1, 0.15) is 61.5 Å². The highest BCUT2D eigenvalue weighted by atomic mass is 32.1. The summed E-state index contributed by atoms with van der Waals surface area (Å²) in [5, 5.41) is 10.5. The first-order valence-corrected chi connectivity index (χ1v) is 12.3. The number of rotatable bonds is 6. The predicted octanol–water partition coefficient (Wildman–Crippen LogP) is 5.02. The molecule has 4 heterocycles. The van der Waals surface area contributed by atoms with E-state index in [1.807, 2.05) is 23.7 Å². The highest BCUT2D eigenvalue weighted by molar-refractivity contribution is 7.13. The van der Waals surface area contributed by atoms with Crippen LogP contribution < -0.4 is 5.32 Å². The van der Waals surface area contributed by atoms with E-state index in [9.17, 15) is 9.59 Å². The van der Waals surface area contributed by atoms with E-state index >= 15 is 0 Å². The lowest BCUT2D eigenvalue weighted by Crippen LogP contribution is -2.22. The minimum Gasteiger partial charge on any atom is -0.372 e. The van der Waals surface area contributed by atoms with Gasteiger partial charge in [0.2, 0.25) is 0 Å². The highest BCUT2D eigenvalue weighted by Crippen LogP contribution is 2.39. The number of carbonyl (C=O) groups excluding carboxylic acids is 2. The molecule has 174 valence electrons. The molecule has 5 rings (SSSR count). The van der Waals surface area contributed by atoms with Gasteiger partial charge in [-0.25, -0.2) is 9.97 Å². The summed E-state index contributed by atoms with van der Waals surface area (Å²) in [6.45, 7) is 3.24. The van der Waals surface area contributed by atoms with E-state index < -0.39 is 0 Å². The molecule has 1 aliphatic carbocycles. The number of hydrogen-bond acceptors (Lipinski definition) is 8. The van der Waals surface area contributed by atoms with Crippen molar-refractivity contribution in [2.45, 2.75) is 45.4 Å². The molecule has 0 saturated heterocycles. The van der Waals surface area contributed by atoms with Gasteiger partial charge in [-0.05, 0) is 45.6 Å². The molecule has 4 aromatic heterocycles. The number of fused-ring (bicyclic) bond motifs is 1. The van der Waals surface area contributed by atoms with E-state index in [4.69, 9.17) is 4.98 Å². The van der Waals surface area contributed by atoms with Gasteiger partial charge in [0.05, 0.1) is 23.1 Å². The summed E-state index contributed by atoms with van der Waals surface area (Å²) in [7, 11) is 1.80. The van der Waals surface area contributed by atoms with Crippen LogP contribution in [0.2, 0.25) is 0 Å². The first kappa shape index (κ1) is 22.3. The van der Waals surface area contributed by atoms with Crippen LogP contribution >= 0.6 is 11.3 Å². The second kappa shape index (κ2) is 9.06. The summed E-state index contributed by atoms with van der Waals surface area (Å²) in [6, 6.07) is 3.95. The van der Waals surface area contributed by atoms with Gasteiger partial charge >= 0.3 is 0 Å². The number of nitrogens with one attached hydrogen (secondary N) is 1. The molecule has 0 radical (unpaired) electrons. The molecule has 34 heavy (non-hydrogen) atoms. The molecule has 0 aliphatic heterocycles. The van der Waals surface area contributed by atoms with Gasteiger partial charge in [0.25, 0.3) is 0 Å². The number of nitrogens with zero attached hydrogens (tertiary/aromatic N) is 5. The Morgan fingerprint density at radius 3 is 2.47 bits per heavy atom. The monoisotopic (exact) mass is 474 g/mol. The third kappa shape index (κ3) is 3.90. The van der Waals surface area contributed by atoms with Crippen molar-refractivity contribution < 1.29 is 9.59 Å². The summed E-state index contributed by atoms with van der Waals surface area (Å²) in [4.78, 5) is 38.5. The van der Waals surface area contributed by atoms with Gasteiger partial charge in [0, 0.05) is 47.8 Å². The van der Waals surface area contributed by atoms with Crippen LogP contribution in [0.3, 0.4) is 0 Å². The van der Waals surface area contributed by atoms with Crippen molar-refractivity contribution in [3.8, 4) is 21.8 Å². The Hall–Kier alpha value is -3.46. The van der Waals surface area contributed by atoms with Gasteiger partial charge < -0.3 is 5.32 Å². The Balaban J connectivity index is 1.60. The highest BCUT2D eigenvalue weighted by Gasteiger charge is 2.31. The van der Waals surface area contributed by atoms with Gasteiger partial charge in [0.1, 0.15) is 16.6 Å². The quantitative estimate of drug-likeness (QED) is 0.391. The second-order valence-corrected chi connectivity index (χ2v) is 9.64. The lowest BCUT2D eigenvalue weighted by Gasteiger charge is -2.28. The van der Waals surface area contributed by atoms with Crippen LogP contribution in [0.15, 0.2) is 36.1 Å². The molecule has 1 saturated carbocycles. The number of anilines is 1. The number of carbonyl (C=O) groups is 2. The summed E-state index contributed by atoms with van der Waals surface area (Å²) in [5.41, 5.74) is 4.62. The van der Waals surface area contributed by atoms with Crippen molar-refractivity contribution in [2.24, 2.45) is 5.92 Å². The second-order valence-electron chi connectivity index (χ2n) is 8.75. The van der Waals surface area contributed by atoms with Crippen molar-refractivity contribution in [2.75, 3.05) is 12.4 Å². The van der Waals surface area contributed by atoms with Crippen molar-refractivity contribution in [3.05, 3.63) is 47.4 Å². The van der Waals surface area contributed by atoms with E-state index in [1.165, 1.54) is 0 Å². The summed E-state index contributed by atoms with van der Waals surface area (Å²) in [6.07, 6.45) is 8.67. The number of pyridine rings is 1. The zero-order chi connectivity index (χ0) is 23.8. The third-order valence-electron chi connectivity index (χ3n) is 6.68. The molecule has 1 aliphatic rings. The van der Waals surface area contributed by atoms with Crippen LogP contribution in [-0.4, -0.2) is 43.2 Å². The zero-order valence-electron chi connectivity index (χ0n) is 19.4. The molecule has 8 nitrogen and oxygen atoms in total. The largest absolute Gasteiger partial charge is 0.372 e. The van der Waals surface area contributed by atoms with E-state index in [0.29, 0.717) is 17.0 Å². The van der Waals surface area contributed by atoms with Crippen molar-refractivity contribution in [1.29, 1.82) is 0 Å². The van der Waals surface area contributed by atoms with Crippen molar-refractivity contribution >= 4 is 34.4 Å². The molecule has 0 unspecified atom stereocenters. The third-order valence-corrected chi connectivity index (χ3v) is 7.47. The molecule has 0 spiro atoms. The van der Waals surface area contributed by atoms with Crippen molar-refractivity contribution in [3.63, 3.8) is 0 Å².